The van der Waals surface area contributed by atoms with E-state index in [0.717, 1.165) is 37.8 Å². The number of rotatable bonds is 4. The normalized spacial score (nSPS) is 28.2. The average molecular weight is 249 g/mol. The Bertz CT molecular complexity index is 384. The highest BCUT2D eigenvalue weighted by Crippen LogP contribution is 2.32. The van der Waals surface area contributed by atoms with Crippen molar-refractivity contribution in [2.24, 2.45) is 0 Å². The molecule has 0 aromatic heterocycles. The highest BCUT2D eigenvalue weighted by Gasteiger charge is 2.32. The molecule has 1 aromatic carbocycles. The van der Waals surface area contributed by atoms with Crippen molar-refractivity contribution in [3.8, 4) is 5.75 Å². The largest absolute Gasteiger partial charge is 0.508 e. The fourth-order valence-corrected chi connectivity index (χ4v) is 2.87. The predicted octanol–water partition coefficient (Wildman–Crippen LogP) is 2.22. The van der Waals surface area contributed by atoms with E-state index in [1.807, 2.05) is 12.1 Å². The van der Waals surface area contributed by atoms with E-state index in [-0.39, 0.29) is 5.75 Å². The van der Waals surface area contributed by atoms with Crippen LogP contribution in [0.3, 0.4) is 0 Å². The van der Waals surface area contributed by atoms with E-state index < -0.39 is 5.60 Å². The summed E-state index contributed by atoms with van der Waals surface area (Å²) in [5.41, 5.74) is 0.416. The van der Waals surface area contributed by atoms with Gasteiger partial charge in [-0.1, -0.05) is 19.1 Å². The van der Waals surface area contributed by atoms with E-state index in [1.165, 1.54) is 0 Å². The fourth-order valence-electron chi connectivity index (χ4n) is 2.87. The lowest BCUT2D eigenvalue weighted by atomic mass is 9.78. The van der Waals surface area contributed by atoms with Gasteiger partial charge < -0.3 is 15.5 Å². The minimum atomic E-state index is -0.598. The second-order valence-electron chi connectivity index (χ2n) is 5.40. The van der Waals surface area contributed by atoms with Gasteiger partial charge in [-0.15, -0.1) is 0 Å². The van der Waals surface area contributed by atoms with Crippen LogP contribution in [0.15, 0.2) is 24.3 Å². The molecule has 3 nitrogen and oxygen atoms in total. The molecule has 0 atom stereocenters. The summed E-state index contributed by atoms with van der Waals surface area (Å²) in [6.07, 6.45) is 4.37. The van der Waals surface area contributed by atoms with Crippen LogP contribution in [0.25, 0.3) is 0 Å². The smallest absolute Gasteiger partial charge is 0.115 e. The highest BCUT2D eigenvalue weighted by atomic mass is 16.3. The van der Waals surface area contributed by atoms with E-state index in [0.29, 0.717) is 12.5 Å². The van der Waals surface area contributed by atoms with E-state index in [1.54, 1.807) is 12.1 Å². The molecule has 18 heavy (non-hydrogen) atoms. The summed E-state index contributed by atoms with van der Waals surface area (Å²) in [6, 6.07) is 7.76. The molecule has 0 radical (unpaired) electrons. The number of aliphatic hydroxyl groups is 1. The van der Waals surface area contributed by atoms with Gasteiger partial charge in [0.2, 0.25) is 0 Å². The number of aromatic hydroxyl groups is 1. The van der Waals surface area contributed by atoms with Crippen molar-refractivity contribution in [1.29, 1.82) is 0 Å². The van der Waals surface area contributed by atoms with Gasteiger partial charge in [0.25, 0.3) is 0 Å². The van der Waals surface area contributed by atoms with E-state index >= 15 is 0 Å². The van der Waals surface area contributed by atoms with Gasteiger partial charge in [0.05, 0.1) is 5.60 Å². The summed E-state index contributed by atoms with van der Waals surface area (Å²) in [4.78, 5) is 0. The van der Waals surface area contributed by atoms with Crippen LogP contribution in [0.4, 0.5) is 0 Å². The lowest BCUT2D eigenvalue weighted by Crippen LogP contribution is -2.42. The second-order valence-corrected chi connectivity index (χ2v) is 5.40. The van der Waals surface area contributed by atoms with Gasteiger partial charge in [-0.3, -0.25) is 0 Å². The first-order chi connectivity index (χ1) is 8.61. The molecular weight excluding hydrogens is 226 g/mol. The second kappa shape index (κ2) is 5.72. The zero-order chi connectivity index (χ0) is 13.0. The number of nitrogens with one attached hydrogen (secondary N) is 1. The van der Waals surface area contributed by atoms with Gasteiger partial charge in [0.1, 0.15) is 5.75 Å². The zero-order valence-corrected chi connectivity index (χ0v) is 11.0. The molecule has 0 amide bonds. The van der Waals surface area contributed by atoms with Crippen LogP contribution in [-0.4, -0.2) is 28.4 Å². The molecule has 1 aliphatic carbocycles. The summed E-state index contributed by atoms with van der Waals surface area (Å²) in [7, 11) is 0. The standard InChI is InChI=1S/C15H23NO2/c1-2-16-13-6-8-15(18,9-7-13)11-12-4-3-5-14(17)10-12/h3-5,10,13,16-18H,2,6-9,11H2,1H3. The molecule has 1 saturated carbocycles. The van der Waals surface area contributed by atoms with Gasteiger partial charge in [0.15, 0.2) is 0 Å². The molecule has 0 saturated heterocycles. The van der Waals surface area contributed by atoms with Crippen LogP contribution in [0.1, 0.15) is 38.2 Å². The maximum atomic E-state index is 10.6. The molecule has 2 rings (SSSR count). The van der Waals surface area contributed by atoms with Crippen LogP contribution in [-0.2, 0) is 6.42 Å². The van der Waals surface area contributed by atoms with Crippen molar-refractivity contribution < 1.29 is 10.2 Å². The third-order valence-electron chi connectivity index (χ3n) is 3.85. The molecule has 0 heterocycles. The van der Waals surface area contributed by atoms with Gasteiger partial charge in [-0.25, -0.2) is 0 Å². The Kier molecular flexibility index (Phi) is 4.25. The maximum absolute atomic E-state index is 10.6. The first-order valence-electron chi connectivity index (χ1n) is 6.85. The van der Waals surface area contributed by atoms with Crippen LogP contribution >= 0.6 is 0 Å². The Morgan fingerprint density at radius 3 is 2.67 bits per heavy atom. The van der Waals surface area contributed by atoms with Crippen molar-refractivity contribution in [2.75, 3.05) is 6.54 Å². The average Bonchev–Trinajstić information content (AvgIpc) is 2.32. The summed E-state index contributed by atoms with van der Waals surface area (Å²) in [5.74, 6) is 0.275. The number of hydrogen-bond donors (Lipinski definition) is 3. The van der Waals surface area contributed by atoms with Crippen molar-refractivity contribution in [2.45, 2.75) is 50.7 Å². The van der Waals surface area contributed by atoms with Crippen LogP contribution < -0.4 is 5.32 Å². The third kappa shape index (κ3) is 3.47. The molecule has 0 bridgehead atoms. The minimum Gasteiger partial charge on any atom is -0.508 e. The van der Waals surface area contributed by atoms with Gasteiger partial charge in [0, 0.05) is 12.5 Å². The van der Waals surface area contributed by atoms with Crippen molar-refractivity contribution in [3.63, 3.8) is 0 Å². The molecule has 0 aliphatic heterocycles. The SMILES string of the molecule is CCNC1CCC(O)(Cc2cccc(O)c2)CC1. The quantitative estimate of drug-likeness (QED) is 0.767. The number of phenols is 1. The Balaban J connectivity index is 1.93. The number of benzene rings is 1. The number of phenolic OH excluding ortho intramolecular Hbond substituents is 1. The molecule has 3 N–H and O–H groups in total. The van der Waals surface area contributed by atoms with Crippen molar-refractivity contribution in [3.05, 3.63) is 29.8 Å². The van der Waals surface area contributed by atoms with E-state index in [2.05, 4.69) is 12.2 Å². The third-order valence-corrected chi connectivity index (χ3v) is 3.85. The van der Waals surface area contributed by atoms with Gasteiger partial charge >= 0.3 is 0 Å². The molecule has 1 aromatic rings. The highest BCUT2D eigenvalue weighted by molar-refractivity contribution is 5.28. The molecule has 0 unspecified atom stereocenters. The lowest BCUT2D eigenvalue weighted by molar-refractivity contribution is -0.00296. The zero-order valence-electron chi connectivity index (χ0n) is 11.0. The minimum absolute atomic E-state index is 0.275. The van der Waals surface area contributed by atoms with Crippen molar-refractivity contribution >= 4 is 0 Å². The maximum Gasteiger partial charge on any atom is 0.115 e. The first kappa shape index (κ1) is 13.4. The van der Waals surface area contributed by atoms with Gasteiger partial charge in [-0.2, -0.15) is 0 Å². The molecule has 1 aliphatic rings. The van der Waals surface area contributed by atoms with Crippen LogP contribution in [0.2, 0.25) is 0 Å². The Morgan fingerprint density at radius 1 is 1.33 bits per heavy atom. The summed E-state index contributed by atoms with van der Waals surface area (Å²) in [5, 5.41) is 23.5. The monoisotopic (exact) mass is 249 g/mol. The van der Waals surface area contributed by atoms with Crippen LogP contribution in [0, 0.1) is 0 Å². The number of hydrogen-bond acceptors (Lipinski definition) is 3. The van der Waals surface area contributed by atoms with Gasteiger partial charge in [-0.05, 0) is 49.9 Å². The Morgan fingerprint density at radius 2 is 2.06 bits per heavy atom. The van der Waals surface area contributed by atoms with Crippen molar-refractivity contribution in [1.82, 2.24) is 5.32 Å². The summed E-state index contributed by atoms with van der Waals surface area (Å²) in [6.45, 7) is 3.11. The first-order valence-corrected chi connectivity index (χ1v) is 6.85. The fraction of sp³-hybridized carbons (Fsp3) is 0.600. The lowest BCUT2D eigenvalue weighted by Gasteiger charge is -2.36. The van der Waals surface area contributed by atoms with E-state index in [4.69, 9.17) is 0 Å². The van der Waals surface area contributed by atoms with E-state index in [9.17, 15) is 10.2 Å². The molecule has 1 fully saturated rings. The molecule has 100 valence electrons. The van der Waals surface area contributed by atoms with Crippen LogP contribution in [0.5, 0.6) is 5.75 Å². The predicted molar refractivity (Wildman–Crippen MR) is 72.7 cm³/mol. The summed E-state index contributed by atoms with van der Waals surface area (Å²) < 4.78 is 0. The Hall–Kier alpha value is -1.06. The topological polar surface area (TPSA) is 52.5 Å². The molecular formula is C15H23NO2. The molecule has 0 spiro atoms. The summed E-state index contributed by atoms with van der Waals surface area (Å²) >= 11 is 0. The molecule has 3 heteroatoms. The Labute approximate surface area is 109 Å².